The van der Waals surface area contributed by atoms with Crippen LogP contribution in [-0.4, -0.2) is 11.3 Å². The highest BCUT2D eigenvalue weighted by Crippen LogP contribution is 2.30. The Morgan fingerprint density at radius 2 is 1.82 bits per heavy atom. The summed E-state index contributed by atoms with van der Waals surface area (Å²) in [6, 6.07) is 13.9. The Bertz CT molecular complexity index is 745. The molecule has 1 heterocycles. The number of H-pyrrole nitrogens is 1. The molecular formula is C19H21NO2. The summed E-state index contributed by atoms with van der Waals surface area (Å²) in [5.74, 6) is 0.734. The summed E-state index contributed by atoms with van der Waals surface area (Å²) in [6.45, 7) is 6.50. The van der Waals surface area contributed by atoms with E-state index < -0.39 is 0 Å². The zero-order valence-electron chi connectivity index (χ0n) is 13.2. The minimum absolute atomic E-state index is 0.489. The van der Waals surface area contributed by atoms with E-state index in [1.807, 2.05) is 63.2 Å². The van der Waals surface area contributed by atoms with Crippen molar-refractivity contribution in [3.63, 3.8) is 0 Å². The molecule has 0 aliphatic heterocycles. The molecule has 2 aromatic carbocycles. The number of ether oxygens (including phenoxy) is 1. The van der Waals surface area contributed by atoms with Gasteiger partial charge < -0.3 is 9.72 Å². The highest BCUT2D eigenvalue weighted by atomic mass is 16.5. The number of nitrogens with one attached hydrogen (secondary N) is 1. The fraction of sp³-hybridized carbons (Fsp3) is 0.211. The van der Waals surface area contributed by atoms with Crippen molar-refractivity contribution in [3.8, 4) is 5.75 Å². The molecule has 0 fully saturated rings. The van der Waals surface area contributed by atoms with Crippen molar-refractivity contribution < 1.29 is 9.53 Å². The lowest BCUT2D eigenvalue weighted by molar-refractivity contribution is 0.112. The van der Waals surface area contributed by atoms with Crippen LogP contribution in [0.1, 0.15) is 35.3 Å². The summed E-state index contributed by atoms with van der Waals surface area (Å²) >= 11 is 0. The first kappa shape index (κ1) is 15.8. The Morgan fingerprint density at radius 1 is 1.09 bits per heavy atom. The van der Waals surface area contributed by atoms with Crippen LogP contribution in [0.5, 0.6) is 5.75 Å². The maximum Gasteiger partial charge on any atom is 0.152 e. The lowest BCUT2D eigenvalue weighted by atomic mass is 10.1. The molecule has 3 aromatic rings. The number of hydrogen-bond donors (Lipinski definition) is 1. The number of hydrogen-bond acceptors (Lipinski definition) is 2. The number of aromatic amines is 1. The molecule has 1 N–H and O–H groups in total. The smallest absolute Gasteiger partial charge is 0.152 e. The first-order valence-corrected chi connectivity index (χ1v) is 7.52. The summed E-state index contributed by atoms with van der Waals surface area (Å²) in [6.07, 6.45) is 2.58. The molecule has 0 saturated heterocycles. The van der Waals surface area contributed by atoms with Crippen molar-refractivity contribution in [2.24, 2.45) is 0 Å². The Kier molecular flexibility index (Phi) is 5.37. The number of fused-ring (bicyclic) bond motifs is 1. The van der Waals surface area contributed by atoms with Gasteiger partial charge in [-0.25, -0.2) is 0 Å². The highest BCUT2D eigenvalue weighted by Gasteiger charge is 2.11. The van der Waals surface area contributed by atoms with Crippen LogP contribution >= 0.6 is 0 Å². The quantitative estimate of drug-likeness (QED) is 0.696. The molecule has 22 heavy (non-hydrogen) atoms. The van der Waals surface area contributed by atoms with E-state index in [4.69, 9.17) is 4.74 Å². The summed E-state index contributed by atoms with van der Waals surface area (Å²) in [4.78, 5) is 14.3. The SMILES string of the molecule is CC.Cc1ccc(OCc2ccccc2)c2c(C=O)c[nH]c12. The maximum atomic E-state index is 11.1. The summed E-state index contributed by atoms with van der Waals surface area (Å²) in [7, 11) is 0. The van der Waals surface area contributed by atoms with Crippen LogP contribution in [-0.2, 0) is 6.61 Å². The maximum absolute atomic E-state index is 11.1. The monoisotopic (exact) mass is 295 g/mol. The van der Waals surface area contributed by atoms with E-state index in [9.17, 15) is 4.79 Å². The van der Waals surface area contributed by atoms with Crippen molar-refractivity contribution >= 4 is 17.2 Å². The number of benzene rings is 2. The Hall–Kier alpha value is -2.55. The number of aldehydes is 1. The molecule has 0 bridgehead atoms. The third kappa shape index (κ3) is 3.19. The Morgan fingerprint density at radius 3 is 2.50 bits per heavy atom. The number of aromatic nitrogens is 1. The summed E-state index contributed by atoms with van der Waals surface area (Å²) in [5, 5.41) is 0.857. The standard InChI is InChI=1S/C17H15NO2.C2H6/c1-12-7-8-15(16-14(10-19)9-18-17(12)16)20-11-13-5-3-2-4-6-13;1-2/h2-10,18H,11H2,1H3;1-2H3. The number of rotatable bonds is 4. The van der Waals surface area contributed by atoms with Gasteiger partial charge in [0.05, 0.1) is 10.9 Å². The van der Waals surface area contributed by atoms with Crippen LogP contribution in [0.2, 0.25) is 0 Å². The molecule has 0 unspecified atom stereocenters. The lowest BCUT2D eigenvalue weighted by Crippen LogP contribution is -1.96. The molecule has 3 nitrogen and oxygen atoms in total. The van der Waals surface area contributed by atoms with Crippen LogP contribution in [0.4, 0.5) is 0 Å². The molecule has 0 saturated carbocycles. The Labute approximate surface area is 130 Å². The predicted octanol–water partition coefficient (Wildman–Crippen LogP) is 4.89. The summed E-state index contributed by atoms with van der Waals surface area (Å²) < 4.78 is 5.88. The third-order valence-electron chi connectivity index (χ3n) is 3.40. The van der Waals surface area contributed by atoms with Crippen molar-refractivity contribution in [1.29, 1.82) is 0 Å². The van der Waals surface area contributed by atoms with Gasteiger partial charge in [-0.1, -0.05) is 50.2 Å². The average molecular weight is 295 g/mol. The van der Waals surface area contributed by atoms with Crippen LogP contribution in [0.3, 0.4) is 0 Å². The second-order valence-electron chi connectivity index (χ2n) is 4.77. The molecular weight excluding hydrogens is 274 g/mol. The van der Waals surface area contributed by atoms with Gasteiger partial charge in [0.25, 0.3) is 0 Å². The van der Waals surface area contributed by atoms with Crippen molar-refractivity contribution in [2.75, 3.05) is 0 Å². The largest absolute Gasteiger partial charge is 0.488 e. The van der Waals surface area contributed by atoms with E-state index >= 15 is 0 Å². The van der Waals surface area contributed by atoms with E-state index in [0.29, 0.717) is 12.2 Å². The predicted molar refractivity (Wildman–Crippen MR) is 90.5 cm³/mol. The fourth-order valence-electron chi connectivity index (χ4n) is 2.33. The molecule has 1 aromatic heterocycles. The molecule has 3 heteroatoms. The zero-order chi connectivity index (χ0) is 15.9. The fourth-order valence-corrected chi connectivity index (χ4v) is 2.33. The molecule has 0 atom stereocenters. The van der Waals surface area contributed by atoms with Gasteiger partial charge in [-0.15, -0.1) is 0 Å². The topological polar surface area (TPSA) is 42.1 Å². The Balaban J connectivity index is 0.000000847. The number of aryl methyl sites for hydroxylation is 1. The van der Waals surface area contributed by atoms with E-state index in [-0.39, 0.29) is 0 Å². The molecule has 0 aliphatic rings. The van der Waals surface area contributed by atoms with Gasteiger partial charge in [-0.3, -0.25) is 4.79 Å². The van der Waals surface area contributed by atoms with E-state index in [2.05, 4.69) is 4.98 Å². The van der Waals surface area contributed by atoms with E-state index in [1.165, 1.54) is 0 Å². The lowest BCUT2D eigenvalue weighted by Gasteiger charge is -2.09. The second kappa shape index (κ2) is 7.46. The van der Waals surface area contributed by atoms with E-state index in [0.717, 1.165) is 34.1 Å². The van der Waals surface area contributed by atoms with Gasteiger partial charge in [-0.05, 0) is 24.1 Å². The minimum atomic E-state index is 0.489. The van der Waals surface area contributed by atoms with Crippen LogP contribution < -0.4 is 4.74 Å². The van der Waals surface area contributed by atoms with Gasteiger partial charge >= 0.3 is 0 Å². The van der Waals surface area contributed by atoms with Gasteiger partial charge in [0.2, 0.25) is 0 Å². The molecule has 3 rings (SSSR count). The van der Waals surface area contributed by atoms with Gasteiger partial charge in [0, 0.05) is 11.8 Å². The second-order valence-corrected chi connectivity index (χ2v) is 4.77. The third-order valence-corrected chi connectivity index (χ3v) is 3.40. The molecule has 0 aliphatic carbocycles. The molecule has 114 valence electrons. The van der Waals surface area contributed by atoms with Gasteiger partial charge in [0.15, 0.2) is 6.29 Å². The van der Waals surface area contributed by atoms with Gasteiger partial charge in [0.1, 0.15) is 12.4 Å². The van der Waals surface area contributed by atoms with Crippen molar-refractivity contribution in [2.45, 2.75) is 27.4 Å². The van der Waals surface area contributed by atoms with Crippen LogP contribution in [0, 0.1) is 6.92 Å². The van der Waals surface area contributed by atoms with Crippen molar-refractivity contribution in [3.05, 3.63) is 65.4 Å². The molecule has 0 spiro atoms. The minimum Gasteiger partial charge on any atom is -0.488 e. The number of carbonyl (C=O) groups excluding carboxylic acids is 1. The highest BCUT2D eigenvalue weighted by molar-refractivity contribution is 6.02. The van der Waals surface area contributed by atoms with Crippen molar-refractivity contribution in [1.82, 2.24) is 4.98 Å². The molecule has 0 radical (unpaired) electrons. The average Bonchev–Trinajstić information content (AvgIpc) is 3.02. The molecule has 0 amide bonds. The normalized spacial score (nSPS) is 9.95. The van der Waals surface area contributed by atoms with Crippen LogP contribution in [0.25, 0.3) is 10.9 Å². The van der Waals surface area contributed by atoms with Gasteiger partial charge in [-0.2, -0.15) is 0 Å². The van der Waals surface area contributed by atoms with E-state index in [1.54, 1.807) is 6.20 Å². The first-order valence-electron chi connectivity index (χ1n) is 7.52. The summed E-state index contributed by atoms with van der Waals surface area (Å²) in [5.41, 5.74) is 3.79. The number of carbonyl (C=O) groups is 1. The van der Waals surface area contributed by atoms with Crippen LogP contribution in [0.15, 0.2) is 48.7 Å². The zero-order valence-corrected chi connectivity index (χ0v) is 13.2. The first-order chi connectivity index (χ1) is 10.8.